The Morgan fingerprint density at radius 1 is 1.17 bits per heavy atom. The lowest BCUT2D eigenvalue weighted by atomic mass is 9.99. The van der Waals surface area contributed by atoms with Crippen LogP contribution in [0.1, 0.15) is 31.7 Å². The van der Waals surface area contributed by atoms with E-state index >= 15 is 0 Å². The molecule has 0 unspecified atom stereocenters. The number of rotatable bonds is 11. The van der Waals surface area contributed by atoms with Gasteiger partial charge in [0.2, 0.25) is 5.95 Å². The molecule has 0 amide bonds. The minimum atomic E-state index is -0.0297. The maximum Gasteiger partial charge on any atom is 0.227 e. The van der Waals surface area contributed by atoms with Crippen molar-refractivity contribution in [2.75, 3.05) is 36.8 Å². The number of nitrogens with zero attached hydrogens (tertiary/aromatic N) is 3. The Morgan fingerprint density at radius 2 is 1.94 bits per heavy atom. The van der Waals surface area contributed by atoms with Gasteiger partial charge in [-0.15, -0.1) is 0 Å². The summed E-state index contributed by atoms with van der Waals surface area (Å²) < 4.78 is 0. The highest BCUT2D eigenvalue weighted by molar-refractivity contribution is 6.32. The quantitative estimate of drug-likeness (QED) is 0.234. The van der Waals surface area contributed by atoms with Gasteiger partial charge in [0.25, 0.3) is 0 Å². The molecule has 3 aromatic rings. The van der Waals surface area contributed by atoms with Crippen LogP contribution in [0.5, 0.6) is 0 Å². The summed E-state index contributed by atoms with van der Waals surface area (Å²) in [5.41, 5.74) is 4.28. The Hall–Kier alpha value is -3.22. The molecule has 2 N–H and O–H groups in total. The van der Waals surface area contributed by atoms with Crippen LogP contribution in [-0.4, -0.2) is 46.8 Å². The van der Waals surface area contributed by atoms with Crippen molar-refractivity contribution in [3.05, 3.63) is 78.0 Å². The lowest BCUT2D eigenvalue weighted by Crippen LogP contribution is -2.34. The van der Waals surface area contributed by atoms with Gasteiger partial charge in [-0.3, -0.25) is 4.79 Å². The van der Waals surface area contributed by atoms with E-state index in [1.165, 1.54) is 32.0 Å². The van der Waals surface area contributed by atoms with Crippen LogP contribution in [0.15, 0.2) is 67.4 Å². The molecule has 0 bridgehead atoms. The van der Waals surface area contributed by atoms with Gasteiger partial charge < -0.3 is 15.5 Å². The predicted molar refractivity (Wildman–Crippen MR) is 149 cm³/mol. The third kappa shape index (κ3) is 7.39. The molecule has 4 rings (SSSR count). The summed E-state index contributed by atoms with van der Waals surface area (Å²) in [4.78, 5) is 23.3. The average Bonchev–Trinajstić information content (AvgIpc) is 2.89. The van der Waals surface area contributed by atoms with Gasteiger partial charge in [-0.05, 0) is 80.7 Å². The van der Waals surface area contributed by atoms with Gasteiger partial charge in [0, 0.05) is 29.9 Å². The Balaban J connectivity index is 1.37. The van der Waals surface area contributed by atoms with E-state index in [2.05, 4.69) is 51.1 Å². The molecule has 1 aromatic heterocycles. The summed E-state index contributed by atoms with van der Waals surface area (Å²) in [5.74, 6) is 1.30. The number of carbonyl (C=O) groups excluding carboxylic acids is 1. The van der Waals surface area contributed by atoms with Crippen LogP contribution in [0.3, 0.4) is 0 Å². The fourth-order valence-electron chi connectivity index (χ4n) is 4.39. The van der Waals surface area contributed by atoms with Gasteiger partial charge in [-0.25, -0.2) is 9.97 Å². The van der Waals surface area contributed by atoms with Gasteiger partial charge in [0.05, 0.1) is 16.9 Å². The molecule has 36 heavy (non-hydrogen) atoms. The molecule has 0 atom stereocenters. The van der Waals surface area contributed by atoms with Crippen molar-refractivity contribution < 1.29 is 4.79 Å². The van der Waals surface area contributed by atoms with Crippen LogP contribution < -0.4 is 10.6 Å². The van der Waals surface area contributed by atoms with Gasteiger partial charge in [-0.2, -0.15) is 0 Å². The highest BCUT2D eigenvalue weighted by Crippen LogP contribution is 2.28. The number of hydrogen-bond donors (Lipinski definition) is 2. The molecule has 2 aromatic carbocycles. The third-order valence-corrected chi connectivity index (χ3v) is 6.80. The molecule has 1 fully saturated rings. The summed E-state index contributed by atoms with van der Waals surface area (Å²) in [5, 5.41) is 7.27. The molecule has 0 saturated carbocycles. The van der Waals surface area contributed by atoms with E-state index in [-0.39, 0.29) is 5.78 Å². The second kappa shape index (κ2) is 12.7. The molecule has 0 aliphatic carbocycles. The van der Waals surface area contributed by atoms with E-state index in [1.807, 2.05) is 36.4 Å². The van der Waals surface area contributed by atoms with Crippen LogP contribution in [-0.2, 0) is 11.2 Å². The number of allylic oxidation sites excluding steroid dienone is 1. The first kappa shape index (κ1) is 25.9. The standard InChI is InChI=1S/C29H34ClN5O/c1-3-26(36)18-22-7-4-8-23(17-22)28-27(30)20-32-29(34-28)33-25-10-5-9-24(19-25)31-13-6-14-35-15-11-21(2)12-16-35/h3-5,7-10,17,19-21,31H,1,6,11-16,18H2,2H3,(H,32,33,34). The topological polar surface area (TPSA) is 70.2 Å². The van der Waals surface area contributed by atoms with Crippen LogP contribution in [0.4, 0.5) is 17.3 Å². The molecular weight excluding hydrogens is 470 g/mol. The van der Waals surface area contributed by atoms with E-state index in [4.69, 9.17) is 11.6 Å². The number of likely N-dealkylation sites (tertiary alicyclic amines) is 1. The maximum atomic E-state index is 11.8. The number of aromatic nitrogens is 2. The zero-order valence-corrected chi connectivity index (χ0v) is 21.6. The normalized spacial score (nSPS) is 14.4. The first-order valence-corrected chi connectivity index (χ1v) is 13.0. The number of hydrogen-bond acceptors (Lipinski definition) is 6. The second-order valence-corrected chi connectivity index (χ2v) is 9.86. The van der Waals surface area contributed by atoms with Crippen molar-refractivity contribution in [2.45, 2.75) is 32.6 Å². The lowest BCUT2D eigenvalue weighted by molar-refractivity contribution is -0.114. The molecule has 1 saturated heterocycles. The van der Waals surface area contributed by atoms with E-state index in [9.17, 15) is 4.79 Å². The summed E-state index contributed by atoms with van der Waals surface area (Å²) in [7, 11) is 0. The Labute approximate surface area is 218 Å². The van der Waals surface area contributed by atoms with E-state index in [0.717, 1.165) is 47.9 Å². The van der Waals surface area contributed by atoms with Crippen LogP contribution in [0, 0.1) is 5.92 Å². The maximum absolute atomic E-state index is 11.8. The average molecular weight is 504 g/mol. The monoisotopic (exact) mass is 503 g/mol. The Kier molecular flexibility index (Phi) is 9.09. The Bertz CT molecular complexity index is 1190. The van der Waals surface area contributed by atoms with E-state index in [0.29, 0.717) is 23.1 Å². The molecule has 0 radical (unpaired) electrons. The van der Waals surface area contributed by atoms with Crippen LogP contribution in [0.2, 0.25) is 5.02 Å². The van der Waals surface area contributed by atoms with Crippen molar-refractivity contribution in [1.82, 2.24) is 14.9 Å². The SMILES string of the molecule is C=CC(=O)Cc1cccc(-c2nc(Nc3cccc(NCCCN4CCC(C)CC4)c3)ncc2Cl)c1. The number of ketones is 1. The Morgan fingerprint density at radius 3 is 2.75 bits per heavy atom. The molecular formula is C29H34ClN5O. The zero-order valence-electron chi connectivity index (χ0n) is 20.8. The first-order chi connectivity index (χ1) is 17.5. The van der Waals surface area contributed by atoms with Crippen molar-refractivity contribution in [1.29, 1.82) is 0 Å². The number of carbonyl (C=O) groups is 1. The van der Waals surface area contributed by atoms with E-state index in [1.54, 1.807) is 6.20 Å². The molecule has 1 aliphatic heterocycles. The van der Waals surface area contributed by atoms with E-state index < -0.39 is 0 Å². The fraction of sp³-hybridized carbons (Fsp3) is 0.345. The highest BCUT2D eigenvalue weighted by Gasteiger charge is 2.15. The summed E-state index contributed by atoms with van der Waals surface area (Å²) in [6.45, 7) is 10.4. The predicted octanol–water partition coefficient (Wildman–Crippen LogP) is 6.37. The minimum Gasteiger partial charge on any atom is -0.385 e. The number of anilines is 3. The van der Waals surface area contributed by atoms with Crippen LogP contribution >= 0.6 is 11.6 Å². The van der Waals surface area contributed by atoms with Crippen LogP contribution in [0.25, 0.3) is 11.3 Å². The van der Waals surface area contributed by atoms with Gasteiger partial charge in [-0.1, -0.05) is 49.4 Å². The number of benzene rings is 2. The van der Waals surface area contributed by atoms with Crippen molar-refractivity contribution in [2.24, 2.45) is 5.92 Å². The minimum absolute atomic E-state index is 0.0297. The summed E-state index contributed by atoms with van der Waals surface area (Å²) in [6, 6.07) is 15.8. The van der Waals surface area contributed by atoms with Crippen molar-refractivity contribution in [3.8, 4) is 11.3 Å². The first-order valence-electron chi connectivity index (χ1n) is 12.6. The molecule has 6 nitrogen and oxygen atoms in total. The van der Waals surface area contributed by atoms with Gasteiger partial charge >= 0.3 is 0 Å². The number of piperidine rings is 1. The number of nitrogens with one attached hydrogen (secondary N) is 2. The zero-order chi connectivity index (χ0) is 25.3. The second-order valence-electron chi connectivity index (χ2n) is 9.45. The lowest BCUT2D eigenvalue weighted by Gasteiger charge is -2.30. The molecule has 188 valence electrons. The number of halogens is 1. The smallest absolute Gasteiger partial charge is 0.227 e. The molecule has 0 spiro atoms. The van der Waals surface area contributed by atoms with Crippen molar-refractivity contribution >= 4 is 34.7 Å². The molecule has 1 aliphatic rings. The third-order valence-electron chi connectivity index (χ3n) is 6.53. The summed E-state index contributed by atoms with van der Waals surface area (Å²) in [6.07, 6.45) is 6.98. The molecule has 2 heterocycles. The van der Waals surface area contributed by atoms with Gasteiger partial charge in [0.15, 0.2) is 5.78 Å². The molecule has 7 heteroatoms. The van der Waals surface area contributed by atoms with Crippen molar-refractivity contribution in [3.63, 3.8) is 0 Å². The van der Waals surface area contributed by atoms with Gasteiger partial charge in [0.1, 0.15) is 0 Å². The fourth-order valence-corrected chi connectivity index (χ4v) is 4.59. The largest absolute Gasteiger partial charge is 0.385 e. The highest BCUT2D eigenvalue weighted by atomic mass is 35.5. The summed E-state index contributed by atoms with van der Waals surface area (Å²) >= 11 is 6.43.